The number of aliphatic hydroxyl groups is 1. The summed E-state index contributed by atoms with van der Waals surface area (Å²) in [5, 5.41) is 12.2. The molecular weight excluding hydrogens is 268 g/mol. The number of aliphatic hydroxyl groups excluding tert-OH is 1. The van der Waals surface area contributed by atoms with E-state index in [4.69, 9.17) is 0 Å². The van der Waals surface area contributed by atoms with Gasteiger partial charge < -0.3 is 15.0 Å². The average molecular weight is 286 g/mol. The standard InChI is InChI=1S/C16H18N2O3/c19-12-14(13-6-2-1-3-7-13)17-15(20)9-11-18-10-5-4-8-16(18)21/h1-8,10,14,19H,9,11-12H2,(H,17,20)/t14-/m1/s1. The maximum atomic E-state index is 11.9. The van der Waals surface area contributed by atoms with E-state index in [-0.39, 0.29) is 24.5 Å². The van der Waals surface area contributed by atoms with Crippen LogP contribution in [0.4, 0.5) is 0 Å². The van der Waals surface area contributed by atoms with Gasteiger partial charge in [-0.25, -0.2) is 0 Å². The zero-order chi connectivity index (χ0) is 15.1. The van der Waals surface area contributed by atoms with Crippen LogP contribution in [0.1, 0.15) is 18.0 Å². The van der Waals surface area contributed by atoms with Gasteiger partial charge in [0.1, 0.15) is 0 Å². The Morgan fingerprint density at radius 3 is 2.52 bits per heavy atom. The first-order valence-electron chi connectivity index (χ1n) is 6.81. The number of hydrogen-bond donors (Lipinski definition) is 2. The summed E-state index contributed by atoms with van der Waals surface area (Å²) >= 11 is 0. The van der Waals surface area contributed by atoms with Crippen molar-refractivity contribution in [2.45, 2.75) is 19.0 Å². The van der Waals surface area contributed by atoms with Gasteiger partial charge in [-0.05, 0) is 11.6 Å². The molecule has 0 saturated carbocycles. The van der Waals surface area contributed by atoms with Gasteiger partial charge in [0.15, 0.2) is 0 Å². The zero-order valence-electron chi connectivity index (χ0n) is 11.6. The Morgan fingerprint density at radius 1 is 1.14 bits per heavy atom. The quantitative estimate of drug-likeness (QED) is 0.835. The second-order valence-electron chi connectivity index (χ2n) is 4.70. The van der Waals surface area contributed by atoms with Crippen LogP contribution in [0.2, 0.25) is 0 Å². The van der Waals surface area contributed by atoms with Crippen molar-refractivity contribution in [2.24, 2.45) is 0 Å². The van der Waals surface area contributed by atoms with E-state index in [0.717, 1.165) is 5.56 Å². The summed E-state index contributed by atoms with van der Waals surface area (Å²) in [4.78, 5) is 23.5. The molecule has 1 heterocycles. The molecule has 21 heavy (non-hydrogen) atoms. The highest BCUT2D eigenvalue weighted by molar-refractivity contribution is 5.76. The van der Waals surface area contributed by atoms with E-state index in [0.29, 0.717) is 6.54 Å². The molecule has 2 rings (SSSR count). The van der Waals surface area contributed by atoms with E-state index in [1.807, 2.05) is 30.3 Å². The zero-order valence-corrected chi connectivity index (χ0v) is 11.6. The first kappa shape index (κ1) is 15.0. The van der Waals surface area contributed by atoms with Gasteiger partial charge in [-0.2, -0.15) is 0 Å². The molecule has 1 amide bonds. The molecular formula is C16H18N2O3. The fourth-order valence-electron chi connectivity index (χ4n) is 2.05. The summed E-state index contributed by atoms with van der Waals surface area (Å²) < 4.78 is 1.48. The van der Waals surface area contributed by atoms with Crippen LogP contribution >= 0.6 is 0 Å². The number of nitrogens with zero attached hydrogens (tertiary/aromatic N) is 1. The molecule has 0 fully saturated rings. The number of nitrogens with one attached hydrogen (secondary N) is 1. The van der Waals surface area contributed by atoms with Crippen molar-refractivity contribution < 1.29 is 9.90 Å². The Balaban J connectivity index is 1.92. The van der Waals surface area contributed by atoms with Crippen molar-refractivity contribution in [3.63, 3.8) is 0 Å². The third-order valence-electron chi connectivity index (χ3n) is 3.20. The van der Waals surface area contributed by atoms with Crippen LogP contribution in [0, 0.1) is 0 Å². The topological polar surface area (TPSA) is 71.3 Å². The average Bonchev–Trinajstić information content (AvgIpc) is 2.52. The Kier molecular flexibility index (Phi) is 5.29. The number of carbonyl (C=O) groups is 1. The molecule has 1 aromatic heterocycles. The van der Waals surface area contributed by atoms with Crippen molar-refractivity contribution >= 4 is 5.91 Å². The number of rotatable bonds is 6. The number of carbonyl (C=O) groups excluding carboxylic acids is 1. The van der Waals surface area contributed by atoms with E-state index in [1.54, 1.807) is 18.3 Å². The molecule has 0 radical (unpaired) electrons. The van der Waals surface area contributed by atoms with E-state index >= 15 is 0 Å². The smallest absolute Gasteiger partial charge is 0.250 e. The summed E-state index contributed by atoms with van der Waals surface area (Å²) in [7, 11) is 0. The summed E-state index contributed by atoms with van der Waals surface area (Å²) in [5.74, 6) is -0.200. The van der Waals surface area contributed by atoms with Crippen LogP contribution in [0.25, 0.3) is 0 Å². The lowest BCUT2D eigenvalue weighted by molar-refractivity contribution is -0.122. The highest BCUT2D eigenvalue weighted by Gasteiger charge is 2.13. The minimum atomic E-state index is -0.425. The minimum absolute atomic E-state index is 0.132. The first-order chi connectivity index (χ1) is 10.2. The lowest BCUT2D eigenvalue weighted by atomic mass is 10.1. The Labute approximate surface area is 122 Å². The number of amides is 1. The third-order valence-corrected chi connectivity index (χ3v) is 3.20. The number of pyridine rings is 1. The molecule has 0 aliphatic heterocycles. The molecule has 1 aromatic carbocycles. The lowest BCUT2D eigenvalue weighted by Crippen LogP contribution is -2.32. The molecule has 2 aromatic rings. The van der Waals surface area contributed by atoms with Gasteiger partial charge in [0.05, 0.1) is 12.6 Å². The van der Waals surface area contributed by atoms with E-state index < -0.39 is 6.04 Å². The summed E-state index contributed by atoms with van der Waals surface area (Å²) in [6.45, 7) is 0.152. The van der Waals surface area contributed by atoms with E-state index in [9.17, 15) is 14.7 Å². The molecule has 1 atom stereocenters. The highest BCUT2D eigenvalue weighted by Crippen LogP contribution is 2.11. The number of aromatic nitrogens is 1. The Morgan fingerprint density at radius 2 is 1.86 bits per heavy atom. The fourth-order valence-corrected chi connectivity index (χ4v) is 2.05. The monoisotopic (exact) mass is 286 g/mol. The molecule has 0 aliphatic carbocycles. The van der Waals surface area contributed by atoms with Gasteiger partial charge in [0, 0.05) is 25.2 Å². The van der Waals surface area contributed by atoms with Crippen molar-refractivity contribution in [3.05, 3.63) is 70.6 Å². The SMILES string of the molecule is O=C(CCn1ccccc1=O)N[C@H](CO)c1ccccc1. The van der Waals surface area contributed by atoms with Gasteiger partial charge in [-0.1, -0.05) is 36.4 Å². The van der Waals surface area contributed by atoms with Crippen LogP contribution in [-0.2, 0) is 11.3 Å². The van der Waals surface area contributed by atoms with Crippen molar-refractivity contribution in [2.75, 3.05) is 6.61 Å². The lowest BCUT2D eigenvalue weighted by Gasteiger charge is -2.16. The first-order valence-corrected chi connectivity index (χ1v) is 6.81. The molecule has 5 nitrogen and oxygen atoms in total. The van der Waals surface area contributed by atoms with Crippen LogP contribution < -0.4 is 10.9 Å². The molecule has 5 heteroatoms. The van der Waals surface area contributed by atoms with Gasteiger partial charge in [-0.15, -0.1) is 0 Å². The molecule has 0 saturated heterocycles. The third kappa shape index (κ3) is 4.29. The normalized spacial score (nSPS) is 11.9. The van der Waals surface area contributed by atoms with E-state index in [2.05, 4.69) is 5.32 Å². The molecule has 0 bridgehead atoms. The van der Waals surface area contributed by atoms with Crippen LogP contribution in [0.15, 0.2) is 59.5 Å². The molecule has 2 N–H and O–H groups in total. The van der Waals surface area contributed by atoms with Gasteiger partial charge >= 0.3 is 0 Å². The van der Waals surface area contributed by atoms with Crippen molar-refractivity contribution in [1.29, 1.82) is 0 Å². The van der Waals surface area contributed by atoms with Gasteiger partial charge in [-0.3, -0.25) is 9.59 Å². The summed E-state index contributed by atoms with van der Waals surface area (Å²) in [6, 6.07) is 13.7. The van der Waals surface area contributed by atoms with Crippen LogP contribution in [0.3, 0.4) is 0 Å². The van der Waals surface area contributed by atoms with Gasteiger partial charge in [0.2, 0.25) is 5.91 Å². The van der Waals surface area contributed by atoms with Crippen molar-refractivity contribution in [3.8, 4) is 0 Å². The maximum Gasteiger partial charge on any atom is 0.250 e. The second-order valence-corrected chi connectivity index (χ2v) is 4.70. The van der Waals surface area contributed by atoms with E-state index in [1.165, 1.54) is 10.6 Å². The molecule has 0 unspecified atom stereocenters. The van der Waals surface area contributed by atoms with Gasteiger partial charge in [0.25, 0.3) is 5.56 Å². The predicted molar refractivity (Wildman–Crippen MR) is 79.7 cm³/mol. The summed E-state index contributed by atoms with van der Waals surface area (Å²) in [6.07, 6.45) is 1.84. The van der Waals surface area contributed by atoms with Crippen LogP contribution in [-0.4, -0.2) is 22.2 Å². The minimum Gasteiger partial charge on any atom is -0.394 e. The fraction of sp³-hybridized carbons (Fsp3) is 0.250. The second kappa shape index (κ2) is 7.40. The predicted octanol–water partition coefficient (Wildman–Crippen LogP) is 1.09. The van der Waals surface area contributed by atoms with Crippen molar-refractivity contribution in [1.82, 2.24) is 9.88 Å². The molecule has 110 valence electrons. The maximum absolute atomic E-state index is 11.9. The number of benzene rings is 1. The van der Waals surface area contributed by atoms with Crippen LogP contribution in [0.5, 0.6) is 0 Å². The Hall–Kier alpha value is -2.40. The molecule has 0 spiro atoms. The largest absolute Gasteiger partial charge is 0.394 e. The summed E-state index contributed by atoms with van der Waals surface area (Å²) in [5.41, 5.74) is 0.720. The highest BCUT2D eigenvalue weighted by atomic mass is 16.3. The Bertz CT molecular complexity index is 637. The molecule has 0 aliphatic rings. The number of hydrogen-bond acceptors (Lipinski definition) is 3. The number of aryl methyl sites for hydroxylation is 1.